The van der Waals surface area contributed by atoms with E-state index in [-0.39, 0.29) is 51.7 Å². The van der Waals surface area contributed by atoms with Gasteiger partial charge in [0.25, 0.3) is 5.91 Å². The molecule has 2 heterocycles. The topological polar surface area (TPSA) is 113 Å². The first-order valence-electron chi connectivity index (χ1n) is 10.6. The molecule has 1 amide bonds. The summed E-state index contributed by atoms with van der Waals surface area (Å²) >= 11 is 12.4. The second-order valence-electron chi connectivity index (χ2n) is 7.87. The van der Waals surface area contributed by atoms with E-state index in [9.17, 15) is 21.6 Å². The number of sulfonamides is 2. The molecule has 2 aromatic carbocycles. The maximum atomic E-state index is 13.0. The van der Waals surface area contributed by atoms with Gasteiger partial charge in [0.05, 0.1) is 33.7 Å². The summed E-state index contributed by atoms with van der Waals surface area (Å²) in [4.78, 5) is 12.8. The fraction of sp³-hybridized carbons (Fsp3) is 0.381. The van der Waals surface area contributed by atoms with Gasteiger partial charge < -0.3 is 10.1 Å². The maximum absolute atomic E-state index is 13.0. The summed E-state index contributed by atoms with van der Waals surface area (Å²) in [6.07, 6.45) is 1.66. The number of benzene rings is 2. The van der Waals surface area contributed by atoms with Crippen LogP contribution in [0.4, 0.5) is 5.69 Å². The highest BCUT2D eigenvalue weighted by atomic mass is 35.5. The Labute approximate surface area is 208 Å². The maximum Gasteiger partial charge on any atom is 0.257 e. The molecule has 184 valence electrons. The molecular formula is C21H23Cl2N3O6S2. The summed E-state index contributed by atoms with van der Waals surface area (Å²) in [5, 5.41) is 2.51. The largest absolute Gasteiger partial charge is 0.379 e. The van der Waals surface area contributed by atoms with Crippen LogP contribution in [-0.2, 0) is 24.8 Å². The SMILES string of the molecule is O=C(Nc1ccc(S(=O)(=O)N2CCCC2)cc1)c1cc(S(=O)(=O)N2CCOCC2)c(Cl)cc1Cl. The Hall–Kier alpha value is -1.73. The lowest BCUT2D eigenvalue weighted by Gasteiger charge is -2.26. The lowest BCUT2D eigenvalue weighted by Crippen LogP contribution is -2.40. The Bertz CT molecular complexity index is 1290. The third-order valence-corrected chi connectivity index (χ3v) is 10.3. The van der Waals surface area contributed by atoms with Gasteiger partial charge in [0.1, 0.15) is 4.90 Å². The molecule has 1 N–H and O–H groups in total. The van der Waals surface area contributed by atoms with Gasteiger partial charge in [-0.2, -0.15) is 8.61 Å². The van der Waals surface area contributed by atoms with Crippen molar-refractivity contribution in [1.82, 2.24) is 8.61 Å². The number of morpholine rings is 1. The molecule has 0 unspecified atom stereocenters. The van der Waals surface area contributed by atoms with Crippen LogP contribution in [0.1, 0.15) is 23.2 Å². The number of carbonyl (C=O) groups excluding carboxylic acids is 1. The lowest BCUT2D eigenvalue weighted by molar-refractivity contribution is 0.0730. The van der Waals surface area contributed by atoms with E-state index in [1.807, 2.05) is 0 Å². The molecule has 34 heavy (non-hydrogen) atoms. The molecule has 2 fully saturated rings. The zero-order valence-corrected chi connectivity index (χ0v) is 21.2. The number of hydrogen-bond acceptors (Lipinski definition) is 6. The van der Waals surface area contributed by atoms with Gasteiger partial charge in [0.15, 0.2) is 0 Å². The van der Waals surface area contributed by atoms with Crippen molar-refractivity contribution in [3.8, 4) is 0 Å². The van der Waals surface area contributed by atoms with Crippen molar-refractivity contribution < 1.29 is 26.4 Å². The fourth-order valence-corrected chi connectivity index (χ4v) is 7.57. The smallest absolute Gasteiger partial charge is 0.257 e. The molecule has 13 heteroatoms. The molecule has 0 radical (unpaired) electrons. The van der Waals surface area contributed by atoms with Crippen LogP contribution in [0.15, 0.2) is 46.2 Å². The summed E-state index contributed by atoms with van der Waals surface area (Å²) in [5.41, 5.74) is 0.251. The van der Waals surface area contributed by atoms with Crippen LogP contribution in [0.3, 0.4) is 0 Å². The Morgan fingerprint density at radius 2 is 1.41 bits per heavy atom. The van der Waals surface area contributed by atoms with Gasteiger partial charge >= 0.3 is 0 Å². The first-order chi connectivity index (χ1) is 16.1. The highest BCUT2D eigenvalue weighted by molar-refractivity contribution is 7.89. The number of rotatable bonds is 6. The van der Waals surface area contributed by atoms with E-state index in [2.05, 4.69) is 5.32 Å². The predicted octanol–water partition coefficient (Wildman–Crippen LogP) is 3.05. The second-order valence-corrected chi connectivity index (χ2v) is 12.5. The van der Waals surface area contributed by atoms with Crippen LogP contribution in [0.25, 0.3) is 0 Å². The number of hydrogen-bond donors (Lipinski definition) is 1. The molecule has 2 aromatic rings. The lowest BCUT2D eigenvalue weighted by atomic mass is 10.2. The zero-order chi connectivity index (χ0) is 24.5. The quantitative estimate of drug-likeness (QED) is 0.594. The Balaban J connectivity index is 1.56. The third kappa shape index (κ3) is 5.11. The van der Waals surface area contributed by atoms with Crippen molar-refractivity contribution in [2.75, 3.05) is 44.7 Å². The molecule has 9 nitrogen and oxygen atoms in total. The van der Waals surface area contributed by atoms with Crippen molar-refractivity contribution in [3.63, 3.8) is 0 Å². The molecule has 0 saturated carbocycles. The van der Waals surface area contributed by atoms with Crippen molar-refractivity contribution in [2.45, 2.75) is 22.6 Å². The Morgan fingerprint density at radius 3 is 2.03 bits per heavy atom. The summed E-state index contributed by atoms with van der Waals surface area (Å²) < 4.78 is 59.3. The Morgan fingerprint density at radius 1 is 0.824 bits per heavy atom. The molecule has 2 aliphatic heterocycles. The average Bonchev–Trinajstić information content (AvgIpc) is 3.36. The Kier molecular flexibility index (Phi) is 7.53. The highest BCUT2D eigenvalue weighted by Gasteiger charge is 2.30. The van der Waals surface area contributed by atoms with Crippen LogP contribution in [0.2, 0.25) is 10.0 Å². The highest BCUT2D eigenvalue weighted by Crippen LogP contribution is 2.32. The first kappa shape index (κ1) is 25.4. The number of ether oxygens (including phenoxy) is 1. The second kappa shape index (κ2) is 10.1. The van der Waals surface area contributed by atoms with Crippen LogP contribution < -0.4 is 5.32 Å². The first-order valence-corrected chi connectivity index (χ1v) is 14.2. The standard InChI is InChI=1S/C21H23Cl2N3O6S2/c22-18-14-19(23)20(34(30,31)26-9-11-32-12-10-26)13-17(18)21(27)24-15-3-5-16(6-4-15)33(28,29)25-7-1-2-8-25/h3-6,13-14H,1-2,7-12H2,(H,24,27). The number of carbonyl (C=O) groups is 1. The zero-order valence-electron chi connectivity index (χ0n) is 18.0. The van der Waals surface area contributed by atoms with Gasteiger partial charge in [-0.3, -0.25) is 4.79 Å². The summed E-state index contributed by atoms with van der Waals surface area (Å²) in [6, 6.07) is 8.14. The van der Waals surface area contributed by atoms with E-state index >= 15 is 0 Å². The minimum atomic E-state index is -3.96. The van der Waals surface area contributed by atoms with Crippen molar-refractivity contribution >= 4 is 54.8 Å². The molecule has 0 spiro atoms. The van der Waals surface area contributed by atoms with Crippen LogP contribution in [0.5, 0.6) is 0 Å². The van der Waals surface area contributed by atoms with Gasteiger partial charge in [-0.05, 0) is 49.2 Å². The predicted molar refractivity (Wildman–Crippen MR) is 128 cm³/mol. The van der Waals surface area contributed by atoms with E-state index in [4.69, 9.17) is 27.9 Å². The van der Waals surface area contributed by atoms with Gasteiger partial charge in [-0.15, -0.1) is 0 Å². The van der Waals surface area contributed by atoms with Crippen LogP contribution >= 0.6 is 23.2 Å². The van der Waals surface area contributed by atoms with E-state index in [0.29, 0.717) is 18.8 Å². The number of amides is 1. The third-order valence-electron chi connectivity index (χ3n) is 5.67. The van der Waals surface area contributed by atoms with Crippen LogP contribution in [0, 0.1) is 0 Å². The van der Waals surface area contributed by atoms with Crippen molar-refractivity contribution in [1.29, 1.82) is 0 Å². The monoisotopic (exact) mass is 547 g/mol. The average molecular weight is 548 g/mol. The summed E-state index contributed by atoms with van der Waals surface area (Å²) in [7, 11) is -7.53. The minimum Gasteiger partial charge on any atom is -0.379 e. The van der Waals surface area contributed by atoms with E-state index in [0.717, 1.165) is 18.9 Å². The molecule has 4 rings (SSSR count). The molecule has 0 aromatic heterocycles. The molecule has 0 aliphatic carbocycles. The molecule has 0 atom stereocenters. The fourth-order valence-electron chi connectivity index (χ4n) is 3.81. The number of nitrogens with one attached hydrogen (secondary N) is 1. The van der Waals surface area contributed by atoms with E-state index in [1.165, 1.54) is 38.9 Å². The molecular weight excluding hydrogens is 525 g/mol. The molecule has 2 aliphatic rings. The number of nitrogens with zero attached hydrogens (tertiary/aromatic N) is 2. The van der Waals surface area contributed by atoms with Crippen molar-refractivity contribution in [3.05, 3.63) is 52.0 Å². The molecule has 0 bridgehead atoms. The number of anilines is 1. The van der Waals surface area contributed by atoms with E-state index < -0.39 is 26.0 Å². The van der Waals surface area contributed by atoms with Gasteiger partial charge in [-0.25, -0.2) is 16.8 Å². The van der Waals surface area contributed by atoms with Gasteiger partial charge in [0, 0.05) is 31.9 Å². The van der Waals surface area contributed by atoms with Crippen molar-refractivity contribution in [2.24, 2.45) is 0 Å². The van der Waals surface area contributed by atoms with Gasteiger partial charge in [-0.1, -0.05) is 23.2 Å². The minimum absolute atomic E-state index is 0.0170. The summed E-state index contributed by atoms with van der Waals surface area (Å²) in [6.45, 7) is 1.87. The van der Waals surface area contributed by atoms with Crippen LogP contribution in [-0.4, -0.2) is 70.7 Å². The normalized spacial score (nSPS) is 18.2. The van der Waals surface area contributed by atoms with Gasteiger partial charge in [0.2, 0.25) is 20.0 Å². The summed E-state index contributed by atoms with van der Waals surface area (Å²) in [5.74, 6) is -0.657. The molecule has 2 saturated heterocycles. The number of halogens is 2. The van der Waals surface area contributed by atoms with E-state index in [1.54, 1.807) is 0 Å².